The minimum absolute atomic E-state index is 0.0933. The van der Waals surface area contributed by atoms with Gasteiger partial charge in [0.1, 0.15) is 0 Å². The van der Waals surface area contributed by atoms with Crippen LogP contribution in [0.2, 0.25) is 10.0 Å². The molecule has 0 aromatic heterocycles. The van der Waals surface area contributed by atoms with E-state index in [4.69, 9.17) is 28.9 Å². The van der Waals surface area contributed by atoms with Crippen LogP contribution in [0.3, 0.4) is 0 Å². The lowest BCUT2D eigenvalue weighted by molar-refractivity contribution is -0.119. The first-order valence-electron chi connectivity index (χ1n) is 4.39. The lowest BCUT2D eigenvalue weighted by Gasteiger charge is -2.01. The average Bonchev–Trinajstić information content (AvgIpc) is 2.15. The maximum absolute atomic E-state index is 11.1. The molecule has 0 spiro atoms. The highest BCUT2D eigenvalue weighted by Gasteiger charge is 2.11. The molecule has 1 amide bonds. The van der Waals surface area contributed by atoms with Crippen LogP contribution in [-0.4, -0.2) is 11.7 Å². The predicted octanol–water partition coefficient (Wildman–Crippen LogP) is 2.45. The standard InChI is InChI=1S/C11H9Cl2NO2/c1-6(15)9(11(14)16)4-7-2-3-8(12)5-10(7)13/h2-5H,1H3,(H2,14,16)/b9-4-. The Morgan fingerprint density at radius 3 is 2.38 bits per heavy atom. The van der Waals surface area contributed by atoms with Gasteiger partial charge in [0.05, 0.1) is 5.57 Å². The van der Waals surface area contributed by atoms with Gasteiger partial charge in [0.2, 0.25) is 0 Å². The maximum atomic E-state index is 11.1. The molecule has 0 unspecified atom stereocenters. The smallest absolute Gasteiger partial charge is 0.252 e. The zero-order chi connectivity index (χ0) is 12.3. The third-order valence-electron chi connectivity index (χ3n) is 1.91. The molecule has 1 aromatic rings. The number of benzene rings is 1. The molecule has 0 fully saturated rings. The summed E-state index contributed by atoms with van der Waals surface area (Å²) < 4.78 is 0. The zero-order valence-electron chi connectivity index (χ0n) is 8.46. The Bertz CT molecular complexity index is 465. The van der Waals surface area contributed by atoms with Gasteiger partial charge in [0.15, 0.2) is 5.78 Å². The number of amides is 1. The minimum Gasteiger partial charge on any atom is -0.365 e. The van der Waals surface area contributed by atoms with Gasteiger partial charge in [-0.05, 0) is 30.7 Å². The van der Waals surface area contributed by atoms with Crippen LogP contribution >= 0.6 is 23.2 Å². The summed E-state index contributed by atoms with van der Waals surface area (Å²) in [6, 6.07) is 4.74. The molecule has 0 saturated heterocycles. The predicted molar refractivity (Wildman–Crippen MR) is 64.3 cm³/mol. The van der Waals surface area contributed by atoms with E-state index in [9.17, 15) is 9.59 Å². The van der Waals surface area contributed by atoms with E-state index in [-0.39, 0.29) is 5.57 Å². The molecule has 1 rings (SSSR count). The monoisotopic (exact) mass is 257 g/mol. The van der Waals surface area contributed by atoms with Gasteiger partial charge >= 0.3 is 0 Å². The van der Waals surface area contributed by atoms with Crippen LogP contribution in [-0.2, 0) is 9.59 Å². The molecule has 0 aliphatic rings. The molecule has 0 heterocycles. The summed E-state index contributed by atoms with van der Waals surface area (Å²) in [5.74, 6) is -1.18. The van der Waals surface area contributed by atoms with Crippen LogP contribution < -0.4 is 5.73 Å². The highest BCUT2D eigenvalue weighted by Crippen LogP contribution is 2.23. The third-order valence-corrected chi connectivity index (χ3v) is 2.47. The van der Waals surface area contributed by atoms with Gasteiger partial charge in [-0.25, -0.2) is 0 Å². The maximum Gasteiger partial charge on any atom is 0.252 e. The molecule has 5 heteroatoms. The van der Waals surface area contributed by atoms with E-state index in [1.807, 2.05) is 0 Å². The lowest BCUT2D eigenvalue weighted by Crippen LogP contribution is -2.18. The number of ketones is 1. The number of carbonyl (C=O) groups is 2. The third kappa shape index (κ3) is 3.08. The Morgan fingerprint density at radius 2 is 1.94 bits per heavy atom. The number of hydrogen-bond donors (Lipinski definition) is 1. The van der Waals surface area contributed by atoms with E-state index in [0.29, 0.717) is 15.6 Å². The number of carbonyl (C=O) groups excluding carboxylic acids is 2. The molecule has 0 bridgehead atoms. The summed E-state index contributed by atoms with van der Waals surface area (Å²) in [6.45, 7) is 1.26. The Morgan fingerprint density at radius 1 is 1.31 bits per heavy atom. The number of Topliss-reactive ketones (excluding diaryl/α,β-unsaturated/α-hetero) is 1. The molecule has 0 aliphatic carbocycles. The summed E-state index contributed by atoms with van der Waals surface area (Å²) in [4.78, 5) is 22.1. The molecular formula is C11H9Cl2NO2. The summed E-state index contributed by atoms with van der Waals surface area (Å²) in [6.07, 6.45) is 1.35. The normalized spacial score (nSPS) is 11.3. The minimum atomic E-state index is -0.779. The van der Waals surface area contributed by atoms with E-state index >= 15 is 0 Å². The fourth-order valence-corrected chi connectivity index (χ4v) is 1.58. The average molecular weight is 258 g/mol. The van der Waals surface area contributed by atoms with Gasteiger partial charge in [-0.2, -0.15) is 0 Å². The SMILES string of the molecule is CC(=O)/C(=C/c1ccc(Cl)cc1Cl)C(N)=O. The number of nitrogens with two attached hydrogens (primary N) is 1. The molecule has 84 valence electrons. The molecule has 0 aliphatic heterocycles. The van der Waals surface area contributed by atoms with Crippen molar-refractivity contribution in [2.75, 3.05) is 0 Å². The fourth-order valence-electron chi connectivity index (χ4n) is 1.12. The fraction of sp³-hybridized carbons (Fsp3) is 0.0909. The van der Waals surface area contributed by atoms with Crippen molar-refractivity contribution in [3.05, 3.63) is 39.4 Å². The van der Waals surface area contributed by atoms with E-state index in [1.54, 1.807) is 12.1 Å². The molecule has 2 N–H and O–H groups in total. The van der Waals surface area contributed by atoms with E-state index in [2.05, 4.69) is 0 Å². The van der Waals surface area contributed by atoms with Crippen molar-refractivity contribution in [1.29, 1.82) is 0 Å². The van der Waals surface area contributed by atoms with Crippen LogP contribution in [0.5, 0.6) is 0 Å². The number of rotatable bonds is 3. The van der Waals surface area contributed by atoms with Crippen molar-refractivity contribution in [3.63, 3.8) is 0 Å². The summed E-state index contributed by atoms with van der Waals surface area (Å²) in [5, 5.41) is 0.832. The largest absolute Gasteiger partial charge is 0.365 e. The Balaban J connectivity index is 3.23. The second-order valence-corrected chi connectivity index (χ2v) is 3.99. The van der Waals surface area contributed by atoms with Crippen molar-refractivity contribution < 1.29 is 9.59 Å². The van der Waals surface area contributed by atoms with Crippen LogP contribution in [0.4, 0.5) is 0 Å². The summed E-state index contributed by atoms with van der Waals surface area (Å²) in [5.41, 5.74) is 5.50. The Labute approximate surface area is 103 Å². The highest BCUT2D eigenvalue weighted by atomic mass is 35.5. The van der Waals surface area contributed by atoms with E-state index < -0.39 is 11.7 Å². The molecular weight excluding hydrogens is 249 g/mol. The van der Waals surface area contributed by atoms with E-state index in [1.165, 1.54) is 19.1 Å². The molecule has 0 atom stereocenters. The van der Waals surface area contributed by atoms with Crippen LogP contribution in [0.15, 0.2) is 23.8 Å². The van der Waals surface area contributed by atoms with Gasteiger partial charge in [0, 0.05) is 10.0 Å². The van der Waals surface area contributed by atoms with Gasteiger partial charge in [-0.1, -0.05) is 29.3 Å². The Kier molecular flexibility index (Phi) is 4.10. The first-order valence-corrected chi connectivity index (χ1v) is 5.15. The zero-order valence-corrected chi connectivity index (χ0v) is 9.97. The Hall–Kier alpha value is -1.32. The van der Waals surface area contributed by atoms with E-state index in [0.717, 1.165) is 0 Å². The molecule has 0 saturated carbocycles. The molecule has 1 aromatic carbocycles. The first-order chi connectivity index (χ1) is 7.41. The second-order valence-electron chi connectivity index (χ2n) is 3.14. The first kappa shape index (κ1) is 12.7. The second kappa shape index (κ2) is 5.14. The summed E-state index contributed by atoms with van der Waals surface area (Å²) in [7, 11) is 0. The van der Waals surface area contributed by atoms with Gasteiger partial charge in [-0.15, -0.1) is 0 Å². The van der Waals surface area contributed by atoms with Crippen molar-refractivity contribution in [2.45, 2.75) is 6.92 Å². The highest BCUT2D eigenvalue weighted by molar-refractivity contribution is 6.35. The van der Waals surface area contributed by atoms with Crippen LogP contribution in [0.25, 0.3) is 6.08 Å². The van der Waals surface area contributed by atoms with Gasteiger partial charge < -0.3 is 5.73 Å². The van der Waals surface area contributed by atoms with Crippen molar-refractivity contribution in [1.82, 2.24) is 0 Å². The lowest BCUT2D eigenvalue weighted by atomic mass is 10.1. The topological polar surface area (TPSA) is 60.2 Å². The van der Waals surface area contributed by atoms with Crippen molar-refractivity contribution in [2.24, 2.45) is 5.73 Å². The number of primary amides is 1. The van der Waals surface area contributed by atoms with Gasteiger partial charge in [-0.3, -0.25) is 9.59 Å². The van der Waals surface area contributed by atoms with Crippen molar-refractivity contribution in [3.8, 4) is 0 Å². The molecule has 0 radical (unpaired) electrons. The van der Waals surface area contributed by atoms with Crippen LogP contribution in [0.1, 0.15) is 12.5 Å². The molecule has 16 heavy (non-hydrogen) atoms. The number of halogens is 2. The summed E-state index contributed by atoms with van der Waals surface area (Å²) >= 11 is 11.6. The quantitative estimate of drug-likeness (QED) is 0.514. The van der Waals surface area contributed by atoms with Crippen LogP contribution in [0, 0.1) is 0 Å². The number of hydrogen-bond acceptors (Lipinski definition) is 2. The molecule has 3 nitrogen and oxygen atoms in total. The van der Waals surface area contributed by atoms with Crippen molar-refractivity contribution >= 4 is 41.0 Å². The van der Waals surface area contributed by atoms with Gasteiger partial charge in [0.25, 0.3) is 5.91 Å².